The van der Waals surface area contributed by atoms with Gasteiger partial charge in [-0.1, -0.05) is 6.92 Å². The van der Waals surface area contributed by atoms with Crippen LogP contribution >= 0.6 is 11.3 Å². The Morgan fingerprint density at radius 2 is 2.00 bits per heavy atom. The molecular weight excluding hydrogens is 491 g/mol. The van der Waals surface area contributed by atoms with Gasteiger partial charge in [-0.15, -0.1) is 11.3 Å². The van der Waals surface area contributed by atoms with Gasteiger partial charge in [-0.3, -0.25) is 14.9 Å². The second-order valence-corrected chi connectivity index (χ2v) is 9.70. The number of rotatable bonds is 8. The second kappa shape index (κ2) is 10.9. The van der Waals surface area contributed by atoms with Crippen molar-refractivity contribution in [3.63, 3.8) is 0 Å². The molecule has 0 radical (unpaired) electrons. The van der Waals surface area contributed by atoms with E-state index in [2.05, 4.69) is 20.5 Å². The summed E-state index contributed by atoms with van der Waals surface area (Å²) in [5, 5.41) is 8.32. The molecule has 0 saturated carbocycles. The van der Waals surface area contributed by atoms with Crippen LogP contribution in [0.2, 0.25) is 0 Å². The molecule has 0 aliphatic carbocycles. The van der Waals surface area contributed by atoms with E-state index in [1.807, 2.05) is 36.6 Å². The molecule has 10 heteroatoms. The van der Waals surface area contributed by atoms with Crippen molar-refractivity contribution >= 4 is 39.7 Å². The number of carbonyl (C=O) groups is 2. The van der Waals surface area contributed by atoms with Crippen LogP contribution < -0.4 is 15.5 Å². The highest BCUT2D eigenvalue weighted by molar-refractivity contribution is 7.14. The molecule has 2 amide bonds. The molecule has 2 N–H and O–H groups in total. The summed E-state index contributed by atoms with van der Waals surface area (Å²) in [6.45, 7) is 3.09. The minimum Gasteiger partial charge on any atom is -0.363 e. The van der Waals surface area contributed by atoms with Crippen molar-refractivity contribution in [3.05, 3.63) is 89.2 Å². The molecule has 4 heterocycles. The SMILES string of the molecule is CCC(=O)Nc1ccc(N2CCC[C@@H]2c2csc(NC(=O)c3cccn3Cc3ccnc(F)c3)n2)cc1. The van der Waals surface area contributed by atoms with Gasteiger partial charge in [0.2, 0.25) is 11.9 Å². The van der Waals surface area contributed by atoms with Crippen LogP contribution in [0.1, 0.15) is 54.0 Å². The molecule has 3 aromatic heterocycles. The van der Waals surface area contributed by atoms with Crippen molar-refractivity contribution in [2.75, 3.05) is 22.1 Å². The van der Waals surface area contributed by atoms with E-state index in [0.717, 1.165) is 42.0 Å². The Bertz CT molecular complexity index is 1400. The Morgan fingerprint density at radius 1 is 1.16 bits per heavy atom. The maximum atomic E-state index is 13.5. The molecule has 1 saturated heterocycles. The fourth-order valence-electron chi connectivity index (χ4n) is 4.52. The third-order valence-electron chi connectivity index (χ3n) is 6.35. The Kier molecular flexibility index (Phi) is 7.27. The van der Waals surface area contributed by atoms with Gasteiger partial charge >= 0.3 is 0 Å². The van der Waals surface area contributed by atoms with E-state index in [1.165, 1.54) is 23.6 Å². The highest BCUT2D eigenvalue weighted by Crippen LogP contribution is 2.37. The number of aromatic nitrogens is 3. The average molecular weight is 519 g/mol. The standard InChI is InChI=1S/C27H27FN6O2S/c1-2-25(35)30-19-7-9-20(10-8-19)34-14-4-5-22(34)21-17-37-27(31-21)32-26(36)23-6-3-13-33(23)16-18-11-12-29-24(28)15-18/h3,6-13,15,17,22H,2,4-5,14,16H2,1H3,(H,30,35)(H,31,32,36)/t22-/m1/s1. The summed E-state index contributed by atoms with van der Waals surface area (Å²) in [5.74, 6) is -0.832. The fourth-order valence-corrected chi connectivity index (χ4v) is 5.27. The van der Waals surface area contributed by atoms with Gasteiger partial charge in [0.15, 0.2) is 5.13 Å². The lowest BCUT2D eigenvalue weighted by Gasteiger charge is -2.25. The van der Waals surface area contributed by atoms with Crippen molar-refractivity contribution in [2.24, 2.45) is 0 Å². The number of pyridine rings is 1. The predicted molar refractivity (Wildman–Crippen MR) is 142 cm³/mol. The van der Waals surface area contributed by atoms with Gasteiger partial charge in [0.05, 0.1) is 11.7 Å². The molecule has 37 heavy (non-hydrogen) atoms. The number of benzene rings is 1. The zero-order valence-electron chi connectivity index (χ0n) is 20.4. The smallest absolute Gasteiger partial charge is 0.274 e. The average Bonchev–Trinajstić information content (AvgIpc) is 3.65. The van der Waals surface area contributed by atoms with Crippen molar-refractivity contribution < 1.29 is 14.0 Å². The topological polar surface area (TPSA) is 92.2 Å². The molecule has 5 rings (SSSR count). The summed E-state index contributed by atoms with van der Waals surface area (Å²) in [5.41, 5.74) is 3.96. The zero-order valence-corrected chi connectivity index (χ0v) is 21.2. The Hall–Kier alpha value is -4.05. The predicted octanol–water partition coefficient (Wildman–Crippen LogP) is 5.47. The zero-order chi connectivity index (χ0) is 25.8. The van der Waals surface area contributed by atoms with E-state index < -0.39 is 5.95 Å². The van der Waals surface area contributed by atoms with Gasteiger partial charge in [-0.05, 0) is 66.9 Å². The van der Waals surface area contributed by atoms with Gasteiger partial charge in [-0.25, -0.2) is 9.97 Å². The highest BCUT2D eigenvalue weighted by Gasteiger charge is 2.28. The first-order chi connectivity index (χ1) is 18.0. The first-order valence-electron chi connectivity index (χ1n) is 12.2. The van der Waals surface area contributed by atoms with Crippen LogP contribution in [0.5, 0.6) is 0 Å². The summed E-state index contributed by atoms with van der Waals surface area (Å²) in [6, 6.07) is 14.6. The fraction of sp³-hybridized carbons (Fsp3) is 0.259. The molecular formula is C27H27FN6O2S. The van der Waals surface area contributed by atoms with Crippen LogP contribution in [0, 0.1) is 5.95 Å². The number of thiazole rings is 1. The summed E-state index contributed by atoms with van der Waals surface area (Å²) in [4.78, 5) is 35.3. The van der Waals surface area contributed by atoms with E-state index in [-0.39, 0.29) is 17.9 Å². The number of carbonyl (C=O) groups excluding carboxylic acids is 2. The van der Waals surface area contributed by atoms with Crippen molar-refractivity contribution in [1.29, 1.82) is 0 Å². The number of nitrogens with one attached hydrogen (secondary N) is 2. The van der Waals surface area contributed by atoms with E-state index in [1.54, 1.807) is 29.0 Å². The monoisotopic (exact) mass is 518 g/mol. The van der Waals surface area contributed by atoms with Crippen molar-refractivity contribution in [1.82, 2.24) is 14.5 Å². The summed E-state index contributed by atoms with van der Waals surface area (Å²) < 4.78 is 15.2. The Balaban J connectivity index is 1.26. The minimum absolute atomic E-state index is 0.0117. The lowest BCUT2D eigenvalue weighted by molar-refractivity contribution is -0.115. The van der Waals surface area contributed by atoms with Crippen LogP contribution in [-0.2, 0) is 11.3 Å². The quantitative estimate of drug-likeness (QED) is 0.302. The highest BCUT2D eigenvalue weighted by atomic mass is 32.1. The molecule has 8 nitrogen and oxygen atoms in total. The van der Waals surface area contributed by atoms with Gasteiger partial charge in [0.25, 0.3) is 5.91 Å². The van der Waals surface area contributed by atoms with E-state index >= 15 is 0 Å². The minimum atomic E-state index is -0.550. The summed E-state index contributed by atoms with van der Waals surface area (Å²) in [7, 11) is 0. The van der Waals surface area contributed by atoms with Gasteiger partial charge in [0.1, 0.15) is 5.69 Å². The number of anilines is 3. The number of hydrogen-bond acceptors (Lipinski definition) is 6. The van der Waals surface area contributed by atoms with E-state index in [4.69, 9.17) is 4.98 Å². The van der Waals surface area contributed by atoms with Crippen LogP contribution in [0.4, 0.5) is 20.9 Å². The number of halogens is 1. The first kappa shape index (κ1) is 24.6. The maximum absolute atomic E-state index is 13.5. The normalized spacial score (nSPS) is 15.1. The van der Waals surface area contributed by atoms with Crippen molar-refractivity contribution in [2.45, 2.75) is 38.8 Å². The van der Waals surface area contributed by atoms with Gasteiger partial charge in [-0.2, -0.15) is 4.39 Å². The van der Waals surface area contributed by atoms with E-state index in [9.17, 15) is 14.0 Å². The van der Waals surface area contributed by atoms with Gasteiger partial charge in [0, 0.05) is 48.7 Å². The summed E-state index contributed by atoms with van der Waals surface area (Å²) >= 11 is 1.40. The third-order valence-corrected chi connectivity index (χ3v) is 7.12. The molecule has 1 aliphatic rings. The molecule has 1 aliphatic heterocycles. The largest absolute Gasteiger partial charge is 0.363 e. The molecule has 190 valence electrons. The number of hydrogen-bond donors (Lipinski definition) is 2. The first-order valence-corrected chi connectivity index (χ1v) is 13.1. The van der Waals surface area contributed by atoms with E-state index in [0.29, 0.717) is 23.8 Å². The maximum Gasteiger partial charge on any atom is 0.274 e. The Morgan fingerprint density at radius 3 is 2.78 bits per heavy atom. The molecule has 1 aromatic carbocycles. The van der Waals surface area contributed by atoms with Crippen molar-refractivity contribution in [3.8, 4) is 0 Å². The van der Waals surface area contributed by atoms with Gasteiger partial charge < -0.3 is 14.8 Å². The molecule has 4 aromatic rings. The lowest BCUT2D eigenvalue weighted by Crippen LogP contribution is -2.23. The van der Waals surface area contributed by atoms with Crippen LogP contribution in [0.25, 0.3) is 0 Å². The third kappa shape index (κ3) is 5.69. The Labute approximate surface area is 218 Å². The second-order valence-electron chi connectivity index (χ2n) is 8.84. The lowest BCUT2D eigenvalue weighted by atomic mass is 10.1. The molecule has 0 spiro atoms. The number of amides is 2. The van der Waals surface area contributed by atoms with Crippen LogP contribution in [0.15, 0.2) is 66.3 Å². The van der Waals surface area contributed by atoms with Crippen LogP contribution in [-0.4, -0.2) is 32.9 Å². The summed E-state index contributed by atoms with van der Waals surface area (Å²) in [6.07, 6.45) is 5.65. The number of nitrogens with zero attached hydrogens (tertiary/aromatic N) is 4. The molecule has 1 atom stereocenters. The molecule has 0 unspecified atom stereocenters. The molecule has 1 fully saturated rings. The molecule has 0 bridgehead atoms. The van der Waals surface area contributed by atoms with Crippen LogP contribution in [0.3, 0.4) is 0 Å².